The van der Waals surface area contributed by atoms with E-state index in [4.69, 9.17) is 15.6 Å². The monoisotopic (exact) mass is 519 g/mol. The number of piperidine rings is 1. The molecule has 0 spiro atoms. The summed E-state index contributed by atoms with van der Waals surface area (Å²) in [7, 11) is 0. The van der Waals surface area contributed by atoms with Crippen LogP contribution in [0.3, 0.4) is 0 Å². The zero-order valence-electron chi connectivity index (χ0n) is 20.3. The van der Waals surface area contributed by atoms with Gasteiger partial charge in [-0.3, -0.25) is 19.9 Å². The Hall–Kier alpha value is -3.58. The van der Waals surface area contributed by atoms with Crippen molar-refractivity contribution in [2.75, 3.05) is 31.6 Å². The lowest BCUT2D eigenvalue weighted by Gasteiger charge is -2.42. The lowest BCUT2D eigenvalue weighted by molar-refractivity contribution is -0.750. The van der Waals surface area contributed by atoms with Crippen molar-refractivity contribution in [2.24, 2.45) is 27.2 Å². The van der Waals surface area contributed by atoms with Gasteiger partial charge >= 0.3 is 0 Å². The van der Waals surface area contributed by atoms with E-state index in [0.717, 1.165) is 47.9 Å². The Morgan fingerprint density at radius 3 is 2.78 bits per heavy atom. The maximum absolute atomic E-state index is 13.2. The van der Waals surface area contributed by atoms with Crippen molar-refractivity contribution in [2.45, 2.75) is 19.8 Å². The summed E-state index contributed by atoms with van der Waals surface area (Å²) in [6.45, 7) is 4.23. The third-order valence-corrected chi connectivity index (χ3v) is 7.84. The zero-order valence-corrected chi connectivity index (χ0v) is 21.1. The number of hydrogen-bond donors (Lipinski definition) is 2. The Bertz CT molecular complexity index is 1360. The second-order valence-corrected chi connectivity index (χ2v) is 10.8. The summed E-state index contributed by atoms with van der Waals surface area (Å²) in [5.41, 5.74) is 2.51. The zero-order chi connectivity index (χ0) is 25.6. The smallest absolute Gasteiger partial charge is 0.264 e. The van der Waals surface area contributed by atoms with Crippen molar-refractivity contribution in [1.29, 1.82) is 0 Å². The number of benzene rings is 1. The van der Waals surface area contributed by atoms with Crippen molar-refractivity contribution in [3.8, 4) is 0 Å². The van der Waals surface area contributed by atoms with Crippen LogP contribution in [0.5, 0.6) is 0 Å². The maximum atomic E-state index is 13.2. The molecule has 1 unspecified atom stereocenters. The normalized spacial score (nSPS) is 25.9. The van der Waals surface area contributed by atoms with Crippen LogP contribution in [0.25, 0.3) is 0 Å². The Labute approximate surface area is 217 Å². The van der Waals surface area contributed by atoms with Gasteiger partial charge in [0.05, 0.1) is 36.6 Å². The second-order valence-electron chi connectivity index (χ2n) is 9.98. The van der Waals surface area contributed by atoms with Crippen molar-refractivity contribution >= 4 is 40.5 Å². The number of quaternary nitrogens is 1. The van der Waals surface area contributed by atoms with E-state index in [0.29, 0.717) is 36.3 Å². The highest BCUT2D eigenvalue weighted by molar-refractivity contribution is 7.09. The Kier molecular flexibility index (Phi) is 5.83. The van der Waals surface area contributed by atoms with Crippen LogP contribution >= 0.6 is 11.5 Å². The van der Waals surface area contributed by atoms with Crippen LogP contribution in [0.15, 0.2) is 64.4 Å². The van der Waals surface area contributed by atoms with E-state index in [-0.39, 0.29) is 22.3 Å². The number of hydrogen-bond acceptors (Lipinski definition) is 9. The minimum absolute atomic E-state index is 0.0470. The average molecular weight is 520 g/mol. The molecule has 5 heterocycles. The van der Waals surface area contributed by atoms with Crippen molar-refractivity contribution in [3.63, 3.8) is 0 Å². The molecule has 6 rings (SSSR count). The van der Waals surface area contributed by atoms with Gasteiger partial charge in [-0.05, 0) is 44.0 Å². The molecule has 2 atom stereocenters. The van der Waals surface area contributed by atoms with E-state index in [1.54, 1.807) is 30.7 Å². The lowest BCUT2D eigenvalue weighted by atomic mass is 9.85. The van der Waals surface area contributed by atoms with Crippen LogP contribution in [-0.4, -0.2) is 69.0 Å². The molecule has 1 aromatic carbocycles. The summed E-state index contributed by atoms with van der Waals surface area (Å²) >= 11 is 1.12. The van der Waals surface area contributed by atoms with Gasteiger partial charge in [0.1, 0.15) is 18.2 Å². The number of fused-ring (bicyclic) bond motifs is 1. The van der Waals surface area contributed by atoms with Crippen LogP contribution < -0.4 is 11.2 Å². The van der Waals surface area contributed by atoms with Gasteiger partial charge in [0.2, 0.25) is 16.7 Å². The third-order valence-electron chi connectivity index (χ3n) is 7.26. The molecule has 4 aliphatic rings. The Morgan fingerprint density at radius 2 is 2.08 bits per heavy atom. The molecule has 1 aromatic heterocycles. The molecule has 0 aliphatic carbocycles. The number of anilines is 1. The molecule has 2 saturated heterocycles. The number of allylic oxidation sites excluding steroid dienone is 1. The van der Waals surface area contributed by atoms with Gasteiger partial charge in [0.25, 0.3) is 11.7 Å². The molecule has 4 aliphatic heterocycles. The molecule has 0 bridgehead atoms. The topological polar surface area (TPSA) is 135 Å². The van der Waals surface area contributed by atoms with E-state index in [2.05, 4.69) is 19.7 Å². The third kappa shape index (κ3) is 4.11. The van der Waals surface area contributed by atoms with Crippen molar-refractivity contribution in [1.82, 2.24) is 14.3 Å². The number of aromatic nitrogens is 2. The number of carbonyl (C=O) groups is 2. The number of likely N-dealkylation sites (tertiary alicyclic amines) is 1. The highest BCUT2D eigenvalue weighted by atomic mass is 32.1. The van der Waals surface area contributed by atoms with Gasteiger partial charge in [-0.2, -0.15) is 15.2 Å². The molecule has 2 aromatic rings. The molecule has 0 radical (unpaired) electrons. The van der Waals surface area contributed by atoms with Crippen molar-refractivity contribution in [3.05, 3.63) is 65.5 Å². The number of amides is 2. The predicted octanol–water partition coefficient (Wildman–Crippen LogP) is 2.28. The maximum Gasteiger partial charge on any atom is 0.264 e. The summed E-state index contributed by atoms with van der Waals surface area (Å²) in [5.74, 6) is 7.47. The fraction of sp³-hybridized carbons (Fsp3) is 0.360. The molecular formula is C25H27N8O3S+. The fourth-order valence-corrected chi connectivity index (χ4v) is 5.60. The molecule has 11 nitrogen and oxygen atoms in total. The predicted molar refractivity (Wildman–Crippen MR) is 138 cm³/mol. The first kappa shape index (κ1) is 23.8. The van der Waals surface area contributed by atoms with Crippen LogP contribution in [0.1, 0.15) is 35.7 Å². The number of nitrogens with two attached hydrogens (primary N) is 1. The quantitative estimate of drug-likeness (QED) is 0.460. The van der Waals surface area contributed by atoms with E-state index < -0.39 is 5.41 Å². The van der Waals surface area contributed by atoms with E-state index in [1.165, 1.54) is 6.33 Å². The van der Waals surface area contributed by atoms with E-state index >= 15 is 0 Å². The first-order valence-corrected chi connectivity index (χ1v) is 12.9. The SMILES string of the molecule is CC1(C(=O)N2CCC[C@@H](C3=C4C=NC=C[N+]4(N)C(c4ccc(C(=O)Nc5ncns5)cc4)=N3)C2)COC1. The minimum atomic E-state index is -0.434. The number of carbonyl (C=O) groups excluding carboxylic acids is 2. The number of ether oxygens (including phenoxy) is 1. The summed E-state index contributed by atoms with van der Waals surface area (Å²) in [4.78, 5) is 41.1. The lowest BCUT2D eigenvalue weighted by Crippen LogP contribution is -2.55. The summed E-state index contributed by atoms with van der Waals surface area (Å²) in [5, 5.41) is 3.17. The molecule has 190 valence electrons. The molecule has 3 N–H and O–H groups in total. The number of aliphatic imine (C=N–C) groups is 2. The van der Waals surface area contributed by atoms with Crippen molar-refractivity contribution < 1.29 is 18.9 Å². The molecule has 2 fully saturated rings. The highest BCUT2D eigenvalue weighted by Gasteiger charge is 2.48. The Balaban J connectivity index is 1.26. The first-order chi connectivity index (χ1) is 17.9. The summed E-state index contributed by atoms with van der Waals surface area (Å²) in [6, 6.07) is 7.16. The van der Waals surface area contributed by atoms with Gasteiger partial charge in [-0.25, -0.2) is 4.98 Å². The summed E-state index contributed by atoms with van der Waals surface area (Å²) in [6.07, 6.45) is 8.43. The molecule has 37 heavy (non-hydrogen) atoms. The standard InChI is InChI=1S/C25H26N8O3S/c1-25(13-36-14-25)23(35)32-9-2-3-18(12-32)20-19-11-27-8-10-33(19,26)21(30-20)16-4-6-17(7-5-16)22(34)31-24-28-15-29-37-24/h4-8,10-11,15,18H,2-3,9,12-14,26H2,1H3/p+1/t18-,33?/m1/s1. The van der Waals surface area contributed by atoms with E-state index in [9.17, 15) is 9.59 Å². The number of nitrogens with zero attached hydrogens (tertiary/aromatic N) is 6. The van der Waals surface area contributed by atoms with Gasteiger partial charge < -0.3 is 9.64 Å². The van der Waals surface area contributed by atoms with E-state index in [1.807, 2.05) is 24.0 Å². The molecular weight excluding hydrogens is 492 g/mol. The molecule has 12 heteroatoms. The van der Waals surface area contributed by atoms with Gasteiger partial charge in [0.15, 0.2) is 0 Å². The second kappa shape index (κ2) is 9.06. The number of nitrogens with one attached hydrogen (secondary N) is 1. The average Bonchev–Trinajstić information content (AvgIpc) is 3.52. The highest BCUT2D eigenvalue weighted by Crippen LogP contribution is 2.39. The molecule has 0 saturated carbocycles. The first-order valence-electron chi connectivity index (χ1n) is 12.2. The van der Waals surface area contributed by atoms with Gasteiger partial charge in [-0.15, -0.1) is 4.59 Å². The minimum Gasteiger partial charge on any atom is -0.379 e. The van der Waals surface area contributed by atoms with Crippen LogP contribution in [0.2, 0.25) is 0 Å². The summed E-state index contributed by atoms with van der Waals surface area (Å²) < 4.78 is 9.11. The van der Waals surface area contributed by atoms with Crippen LogP contribution in [-0.2, 0) is 9.53 Å². The largest absolute Gasteiger partial charge is 0.379 e. The Morgan fingerprint density at radius 1 is 1.27 bits per heavy atom. The fourth-order valence-electron chi connectivity index (χ4n) is 5.17. The van der Waals surface area contributed by atoms with Crippen LogP contribution in [0.4, 0.5) is 5.13 Å². The van der Waals surface area contributed by atoms with Crippen LogP contribution in [0, 0.1) is 11.3 Å². The number of rotatable bonds is 5. The molecule has 2 amide bonds. The number of amidine groups is 1. The van der Waals surface area contributed by atoms with Gasteiger partial charge in [0, 0.05) is 36.1 Å². The van der Waals surface area contributed by atoms with Gasteiger partial charge in [-0.1, -0.05) is 0 Å².